The van der Waals surface area contributed by atoms with Crippen molar-refractivity contribution in [2.45, 2.75) is 26.6 Å². The third-order valence-electron chi connectivity index (χ3n) is 5.91. The highest BCUT2D eigenvalue weighted by Gasteiger charge is 2.28. The average Bonchev–Trinajstić information content (AvgIpc) is 3.38. The molecule has 186 valence electrons. The zero-order valence-corrected chi connectivity index (χ0v) is 21.2. The summed E-state index contributed by atoms with van der Waals surface area (Å²) < 4.78 is 26.1. The molecule has 4 aromatic carbocycles. The molecule has 1 atom stereocenters. The molecule has 0 radical (unpaired) electrons. The number of fused-ring (bicyclic) bond motifs is 2. The van der Waals surface area contributed by atoms with Gasteiger partial charge in [-0.05, 0) is 54.4 Å². The minimum atomic E-state index is -1.07. The summed E-state index contributed by atoms with van der Waals surface area (Å²) in [6.07, 6.45) is -1.07. The van der Waals surface area contributed by atoms with Crippen molar-refractivity contribution in [1.29, 1.82) is 0 Å². The van der Waals surface area contributed by atoms with E-state index in [1.54, 1.807) is 25.1 Å². The smallest absolute Gasteiger partial charge is 0.352 e. The molecule has 0 N–H and O–H groups in total. The molecule has 1 heterocycles. The number of hydrogen-bond acceptors (Lipinski definition) is 8. The largest absolute Gasteiger partial charge is 0.489 e. The number of carbonyl (C=O) groups excluding carboxylic acids is 2. The molecular formula is C29H24N2O5S. The third-order valence-corrected chi connectivity index (χ3v) is 6.46. The van der Waals surface area contributed by atoms with E-state index in [0.717, 1.165) is 27.4 Å². The predicted molar refractivity (Wildman–Crippen MR) is 142 cm³/mol. The summed E-state index contributed by atoms with van der Waals surface area (Å²) in [7, 11) is 0. The van der Waals surface area contributed by atoms with Crippen molar-refractivity contribution in [1.82, 2.24) is 8.75 Å². The first kappa shape index (κ1) is 24.4. The van der Waals surface area contributed by atoms with Gasteiger partial charge in [0, 0.05) is 11.6 Å². The van der Waals surface area contributed by atoms with E-state index in [0.29, 0.717) is 16.9 Å². The Kier molecular flexibility index (Phi) is 7.09. The van der Waals surface area contributed by atoms with Gasteiger partial charge in [-0.25, -0.2) is 4.79 Å². The van der Waals surface area contributed by atoms with E-state index in [9.17, 15) is 9.59 Å². The number of rotatable bonds is 9. The van der Waals surface area contributed by atoms with E-state index in [1.807, 2.05) is 60.7 Å². The maximum Gasteiger partial charge on any atom is 0.352 e. The molecular weight excluding hydrogens is 488 g/mol. The lowest BCUT2D eigenvalue weighted by Crippen LogP contribution is -2.22. The van der Waals surface area contributed by atoms with Crippen LogP contribution in [-0.2, 0) is 16.1 Å². The highest BCUT2D eigenvalue weighted by molar-refractivity contribution is 7.00. The van der Waals surface area contributed by atoms with Gasteiger partial charge in [-0.3, -0.25) is 4.79 Å². The molecule has 0 aliphatic rings. The van der Waals surface area contributed by atoms with Crippen LogP contribution in [0.25, 0.3) is 21.8 Å². The monoisotopic (exact) mass is 512 g/mol. The SMILES string of the molecule is CCOC(=O)C(Oc1cc(OCc2ccc3nsnc3c2)ccc1C(C)=O)c1cccc2ccccc12. The molecule has 7 nitrogen and oxygen atoms in total. The maximum absolute atomic E-state index is 13.1. The number of esters is 1. The van der Waals surface area contributed by atoms with Gasteiger partial charge >= 0.3 is 5.97 Å². The van der Waals surface area contributed by atoms with Gasteiger partial charge in [-0.1, -0.05) is 48.5 Å². The Morgan fingerprint density at radius 3 is 2.57 bits per heavy atom. The number of aromatic nitrogens is 2. The Balaban J connectivity index is 1.47. The van der Waals surface area contributed by atoms with E-state index in [4.69, 9.17) is 14.2 Å². The molecule has 5 aromatic rings. The van der Waals surface area contributed by atoms with Crippen LogP contribution >= 0.6 is 11.7 Å². The Hall–Kier alpha value is -4.30. The summed E-state index contributed by atoms with van der Waals surface area (Å²) in [6, 6.07) is 24.2. The zero-order valence-electron chi connectivity index (χ0n) is 20.3. The van der Waals surface area contributed by atoms with Crippen LogP contribution in [-0.4, -0.2) is 27.1 Å². The van der Waals surface area contributed by atoms with Crippen LogP contribution in [0, 0.1) is 0 Å². The Morgan fingerprint density at radius 2 is 1.73 bits per heavy atom. The molecule has 0 fully saturated rings. The van der Waals surface area contributed by atoms with Crippen LogP contribution in [0.4, 0.5) is 0 Å². The van der Waals surface area contributed by atoms with Crippen molar-refractivity contribution in [2.75, 3.05) is 6.61 Å². The van der Waals surface area contributed by atoms with Crippen molar-refractivity contribution in [2.24, 2.45) is 0 Å². The summed E-state index contributed by atoms with van der Waals surface area (Å²) in [4.78, 5) is 25.5. The molecule has 0 bridgehead atoms. The maximum atomic E-state index is 13.1. The fourth-order valence-corrected chi connectivity index (χ4v) is 4.64. The summed E-state index contributed by atoms with van der Waals surface area (Å²) in [5.41, 5.74) is 3.58. The number of benzene rings is 4. The lowest BCUT2D eigenvalue weighted by atomic mass is 10.00. The zero-order chi connectivity index (χ0) is 25.8. The van der Waals surface area contributed by atoms with Gasteiger partial charge in [0.05, 0.1) is 23.9 Å². The van der Waals surface area contributed by atoms with Gasteiger partial charge in [0.2, 0.25) is 6.10 Å². The van der Waals surface area contributed by atoms with Crippen LogP contribution < -0.4 is 9.47 Å². The van der Waals surface area contributed by atoms with Crippen LogP contribution in [0.1, 0.15) is 41.4 Å². The minimum absolute atomic E-state index is 0.191. The van der Waals surface area contributed by atoms with E-state index in [1.165, 1.54) is 18.7 Å². The molecule has 37 heavy (non-hydrogen) atoms. The molecule has 0 aliphatic carbocycles. The summed E-state index contributed by atoms with van der Waals surface area (Å²) in [5, 5.41) is 1.83. The molecule has 8 heteroatoms. The second-order valence-electron chi connectivity index (χ2n) is 8.41. The van der Waals surface area contributed by atoms with Gasteiger partial charge in [0.1, 0.15) is 29.1 Å². The highest BCUT2D eigenvalue weighted by Crippen LogP contribution is 2.33. The van der Waals surface area contributed by atoms with Gasteiger partial charge in [-0.15, -0.1) is 0 Å². The summed E-state index contributed by atoms with van der Waals surface area (Å²) >= 11 is 1.17. The number of Topliss-reactive ketones (excluding diaryl/α,β-unsaturated/α-hetero) is 1. The van der Waals surface area contributed by atoms with Crippen molar-refractivity contribution < 1.29 is 23.8 Å². The van der Waals surface area contributed by atoms with E-state index in [2.05, 4.69) is 8.75 Å². The van der Waals surface area contributed by atoms with Crippen molar-refractivity contribution >= 4 is 45.3 Å². The fourth-order valence-electron chi connectivity index (χ4n) is 4.13. The first-order chi connectivity index (χ1) is 18.0. The van der Waals surface area contributed by atoms with Crippen molar-refractivity contribution in [3.05, 3.63) is 95.6 Å². The molecule has 0 spiro atoms. The first-order valence-corrected chi connectivity index (χ1v) is 12.6. The molecule has 0 saturated carbocycles. The predicted octanol–water partition coefficient (Wildman–Crippen LogP) is 6.31. The Morgan fingerprint density at radius 1 is 0.919 bits per heavy atom. The summed E-state index contributed by atoms with van der Waals surface area (Å²) in [6.45, 7) is 3.69. The van der Waals surface area contributed by atoms with Gasteiger partial charge in [-0.2, -0.15) is 8.75 Å². The Labute approximate surface area is 217 Å². The lowest BCUT2D eigenvalue weighted by molar-refractivity contribution is -0.151. The molecule has 0 saturated heterocycles. The normalized spacial score (nSPS) is 11.8. The molecule has 1 unspecified atom stereocenters. The average molecular weight is 513 g/mol. The van der Waals surface area contributed by atoms with Crippen LogP contribution in [0.15, 0.2) is 78.9 Å². The number of carbonyl (C=O) groups is 2. The van der Waals surface area contributed by atoms with Gasteiger partial charge < -0.3 is 14.2 Å². The van der Waals surface area contributed by atoms with E-state index >= 15 is 0 Å². The molecule has 1 aromatic heterocycles. The Bertz CT molecular complexity index is 1590. The fraction of sp³-hybridized carbons (Fsp3) is 0.172. The molecule has 0 amide bonds. The first-order valence-electron chi connectivity index (χ1n) is 11.8. The van der Waals surface area contributed by atoms with Crippen LogP contribution in [0.2, 0.25) is 0 Å². The quantitative estimate of drug-likeness (QED) is 0.169. The number of ketones is 1. The molecule has 5 rings (SSSR count). The molecule has 0 aliphatic heterocycles. The van der Waals surface area contributed by atoms with Crippen LogP contribution in [0.3, 0.4) is 0 Å². The number of hydrogen-bond donors (Lipinski definition) is 0. The third kappa shape index (κ3) is 5.29. The number of ether oxygens (including phenoxy) is 3. The lowest BCUT2D eigenvalue weighted by Gasteiger charge is -2.21. The second kappa shape index (κ2) is 10.8. The highest BCUT2D eigenvalue weighted by atomic mass is 32.1. The second-order valence-corrected chi connectivity index (χ2v) is 8.94. The minimum Gasteiger partial charge on any atom is -0.489 e. The topological polar surface area (TPSA) is 87.6 Å². The van der Waals surface area contributed by atoms with Crippen molar-refractivity contribution in [3.8, 4) is 11.5 Å². The number of nitrogens with zero attached hydrogens (tertiary/aromatic N) is 2. The van der Waals surface area contributed by atoms with Gasteiger partial charge in [0.25, 0.3) is 0 Å². The standard InChI is InChI=1S/C29H24N2O5S/c1-3-34-29(33)28(24-10-6-8-20-7-4-5-9-23(20)24)36-27-16-21(12-13-22(27)18(2)32)35-17-19-11-14-25-26(15-19)31-37-30-25/h4-16,28H,3,17H2,1-2H3. The van der Waals surface area contributed by atoms with Gasteiger partial charge in [0.15, 0.2) is 5.78 Å². The van der Waals surface area contributed by atoms with E-state index < -0.39 is 12.1 Å². The van der Waals surface area contributed by atoms with E-state index in [-0.39, 0.29) is 24.7 Å². The van der Waals surface area contributed by atoms with Crippen LogP contribution in [0.5, 0.6) is 11.5 Å². The van der Waals surface area contributed by atoms with Crippen molar-refractivity contribution in [3.63, 3.8) is 0 Å². The summed E-state index contributed by atoms with van der Waals surface area (Å²) in [5.74, 6) is 0.0144.